The van der Waals surface area contributed by atoms with Crippen LogP contribution in [0.4, 0.5) is 0 Å². The lowest BCUT2D eigenvalue weighted by Crippen LogP contribution is -2.38. The number of piperidine rings is 1. The largest absolute Gasteiger partial charge is 0.299 e. The molecule has 4 nitrogen and oxygen atoms in total. The highest BCUT2D eigenvalue weighted by atomic mass is 32.1. The van der Waals surface area contributed by atoms with Gasteiger partial charge in [0.05, 0.1) is 4.88 Å². The van der Waals surface area contributed by atoms with Crippen LogP contribution < -0.4 is 0 Å². The van der Waals surface area contributed by atoms with Gasteiger partial charge in [-0.3, -0.25) is 14.9 Å². The smallest absolute Gasteiger partial charge is 0.102 e. The second-order valence-electron chi connectivity index (χ2n) is 6.82. The van der Waals surface area contributed by atoms with Crippen molar-refractivity contribution < 1.29 is 0 Å². The number of H-pyrrole nitrogens is 1. The molecule has 2 bridgehead atoms. The molecule has 5 heteroatoms. The highest BCUT2D eigenvalue weighted by molar-refractivity contribution is 7.13. The van der Waals surface area contributed by atoms with Gasteiger partial charge in [0, 0.05) is 37.9 Å². The molecule has 1 aliphatic carbocycles. The number of aromatic amines is 1. The van der Waals surface area contributed by atoms with E-state index in [1.54, 1.807) is 11.3 Å². The van der Waals surface area contributed by atoms with E-state index in [-0.39, 0.29) is 0 Å². The van der Waals surface area contributed by atoms with Crippen molar-refractivity contribution in [2.75, 3.05) is 26.7 Å². The molecule has 4 rings (SSSR count). The van der Waals surface area contributed by atoms with Gasteiger partial charge >= 0.3 is 0 Å². The topological polar surface area (TPSA) is 35.2 Å². The Kier molecular flexibility index (Phi) is 4.03. The summed E-state index contributed by atoms with van der Waals surface area (Å²) in [5, 5.41) is 9.71. The summed E-state index contributed by atoms with van der Waals surface area (Å²) in [5.41, 5.74) is 2.27. The number of hydrogen-bond donors (Lipinski definition) is 1. The maximum Gasteiger partial charge on any atom is 0.102 e. The Hall–Kier alpha value is -1.17. The molecule has 118 valence electrons. The molecule has 2 aliphatic rings. The van der Waals surface area contributed by atoms with E-state index in [9.17, 15) is 0 Å². The number of likely N-dealkylation sites (tertiary alicyclic amines) is 1. The van der Waals surface area contributed by atoms with Crippen LogP contribution in [0, 0.1) is 5.92 Å². The van der Waals surface area contributed by atoms with Crippen LogP contribution in [-0.2, 0) is 6.54 Å². The van der Waals surface area contributed by atoms with Crippen molar-refractivity contribution in [2.24, 2.45) is 5.92 Å². The van der Waals surface area contributed by atoms with Crippen molar-refractivity contribution in [3.8, 4) is 10.6 Å². The Morgan fingerprint density at radius 2 is 2.41 bits per heavy atom. The second kappa shape index (κ2) is 6.14. The van der Waals surface area contributed by atoms with E-state index in [0.29, 0.717) is 0 Å². The molecule has 2 atom stereocenters. The van der Waals surface area contributed by atoms with Gasteiger partial charge < -0.3 is 0 Å². The quantitative estimate of drug-likeness (QED) is 0.889. The molecule has 0 amide bonds. The Morgan fingerprint density at radius 3 is 3.14 bits per heavy atom. The average molecular weight is 316 g/mol. The zero-order chi connectivity index (χ0) is 14.9. The first-order chi connectivity index (χ1) is 10.8. The lowest BCUT2D eigenvalue weighted by atomic mass is 10.1. The lowest BCUT2D eigenvalue weighted by molar-refractivity contribution is 0.181. The number of likely N-dealkylation sites (N-methyl/N-ethyl adjacent to an activating group) is 1. The number of rotatable bonds is 6. The van der Waals surface area contributed by atoms with Crippen molar-refractivity contribution in [2.45, 2.75) is 31.8 Å². The first-order valence-electron chi connectivity index (χ1n) is 8.28. The van der Waals surface area contributed by atoms with Crippen LogP contribution in [-0.4, -0.2) is 52.7 Å². The van der Waals surface area contributed by atoms with Crippen molar-refractivity contribution >= 4 is 11.3 Å². The number of nitrogens with one attached hydrogen (secondary N) is 1. The van der Waals surface area contributed by atoms with Gasteiger partial charge in [0.1, 0.15) is 5.69 Å². The van der Waals surface area contributed by atoms with Crippen LogP contribution >= 0.6 is 11.3 Å². The molecule has 0 spiro atoms. The molecule has 1 saturated carbocycles. The fourth-order valence-corrected chi connectivity index (χ4v) is 4.65. The van der Waals surface area contributed by atoms with E-state index in [2.05, 4.69) is 50.6 Å². The number of nitrogens with zero attached hydrogens (tertiary/aromatic N) is 3. The first kappa shape index (κ1) is 14.4. The summed E-state index contributed by atoms with van der Waals surface area (Å²) in [6.07, 6.45) is 4.35. The van der Waals surface area contributed by atoms with Crippen molar-refractivity contribution in [1.82, 2.24) is 20.0 Å². The van der Waals surface area contributed by atoms with Gasteiger partial charge in [-0.15, -0.1) is 11.3 Å². The molecule has 0 unspecified atom stereocenters. The van der Waals surface area contributed by atoms with Gasteiger partial charge in [-0.25, -0.2) is 0 Å². The lowest BCUT2D eigenvalue weighted by Gasteiger charge is -2.28. The number of aromatic nitrogens is 2. The molecule has 2 fully saturated rings. The third-order valence-electron chi connectivity index (χ3n) is 5.14. The molecule has 0 radical (unpaired) electrons. The molecule has 2 aromatic heterocycles. The zero-order valence-electron chi connectivity index (χ0n) is 13.2. The molecule has 0 aromatic carbocycles. The standard InChI is InChI=1S/C17H24N4S/c1-20(6-7-21-11-13-4-5-15(21)9-13)12-14-10-16(19-18-14)17-3-2-8-22-17/h2-3,8,10,13,15H,4-7,9,11-12H2,1H3,(H,18,19)/t13-,15+/m0/s1. The predicted octanol–water partition coefficient (Wildman–Crippen LogP) is 3.05. The predicted molar refractivity (Wildman–Crippen MR) is 90.9 cm³/mol. The average Bonchev–Trinajstić information content (AvgIpc) is 3.27. The normalized spacial score (nSPS) is 24.6. The molecule has 1 N–H and O–H groups in total. The maximum atomic E-state index is 4.43. The summed E-state index contributed by atoms with van der Waals surface area (Å²) in [5.74, 6) is 0.997. The van der Waals surface area contributed by atoms with Gasteiger partial charge in [-0.2, -0.15) is 5.10 Å². The van der Waals surface area contributed by atoms with Crippen LogP contribution in [0.25, 0.3) is 10.6 Å². The Morgan fingerprint density at radius 1 is 1.45 bits per heavy atom. The van der Waals surface area contributed by atoms with Gasteiger partial charge in [-0.1, -0.05) is 6.07 Å². The van der Waals surface area contributed by atoms with Crippen LogP contribution in [0.3, 0.4) is 0 Å². The van der Waals surface area contributed by atoms with Gasteiger partial charge in [0.2, 0.25) is 0 Å². The fraction of sp³-hybridized carbons (Fsp3) is 0.588. The van der Waals surface area contributed by atoms with Crippen LogP contribution in [0.2, 0.25) is 0 Å². The highest BCUT2D eigenvalue weighted by Crippen LogP contribution is 2.36. The van der Waals surface area contributed by atoms with Crippen LogP contribution in [0.5, 0.6) is 0 Å². The molecular weight excluding hydrogens is 292 g/mol. The van der Waals surface area contributed by atoms with Gasteiger partial charge in [0.25, 0.3) is 0 Å². The minimum Gasteiger partial charge on any atom is -0.299 e. The third-order valence-corrected chi connectivity index (χ3v) is 6.03. The Labute approximate surface area is 136 Å². The van der Waals surface area contributed by atoms with Crippen molar-refractivity contribution in [1.29, 1.82) is 0 Å². The summed E-state index contributed by atoms with van der Waals surface area (Å²) in [6.45, 7) is 4.63. The summed E-state index contributed by atoms with van der Waals surface area (Å²) in [4.78, 5) is 6.34. The monoisotopic (exact) mass is 316 g/mol. The minimum absolute atomic E-state index is 0.885. The third kappa shape index (κ3) is 2.98. The van der Waals surface area contributed by atoms with Crippen molar-refractivity contribution in [3.05, 3.63) is 29.3 Å². The number of fused-ring (bicyclic) bond motifs is 2. The van der Waals surface area contributed by atoms with Crippen LogP contribution in [0.15, 0.2) is 23.6 Å². The Balaban J connectivity index is 1.28. The number of hydrogen-bond acceptors (Lipinski definition) is 4. The van der Waals surface area contributed by atoms with E-state index in [4.69, 9.17) is 0 Å². The molecule has 1 aliphatic heterocycles. The second-order valence-corrected chi connectivity index (χ2v) is 7.77. The molecule has 1 saturated heterocycles. The summed E-state index contributed by atoms with van der Waals surface area (Å²) >= 11 is 1.74. The maximum absolute atomic E-state index is 4.43. The van der Waals surface area contributed by atoms with Gasteiger partial charge in [-0.05, 0) is 49.7 Å². The molecular formula is C17H24N4S. The summed E-state index contributed by atoms with van der Waals surface area (Å²) in [7, 11) is 2.21. The van der Waals surface area contributed by atoms with Gasteiger partial charge in [0.15, 0.2) is 0 Å². The zero-order valence-corrected chi connectivity index (χ0v) is 14.0. The first-order valence-corrected chi connectivity index (χ1v) is 9.16. The summed E-state index contributed by atoms with van der Waals surface area (Å²) in [6, 6.07) is 7.26. The van der Waals surface area contributed by atoms with E-state index < -0.39 is 0 Å². The van der Waals surface area contributed by atoms with E-state index in [1.165, 1.54) is 42.9 Å². The molecule has 2 aromatic rings. The van der Waals surface area contributed by atoms with Crippen molar-refractivity contribution in [3.63, 3.8) is 0 Å². The fourth-order valence-electron chi connectivity index (χ4n) is 3.96. The Bertz CT molecular complexity index is 606. The van der Waals surface area contributed by atoms with E-state index in [1.807, 2.05) is 0 Å². The molecule has 3 heterocycles. The number of thiophene rings is 1. The molecule has 22 heavy (non-hydrogen) atoms. The van der Waals surface area contributed by atoms with E-state index in [0.717, 1.165) is 30.7 Å². The highest BCUT2D eigenvalue weighted by Gasteiger charge is 2.37. The SMILES string of the molecule is CN(CCN1C[C@H]2CC[C@@H]1C2)Cc1cc(-c2cccs2)n[nH]1. The van der Waals surface area contributed by atoms with Crippen LogP contribution in [0.1, 0.15) is 25.0 Å². The summed E-state index contributed by atoms with van der Waals surface area (Å²) < 4.78 is 0. The minimum atomic E-state index is 0.885. The van der Waals surface area contributed by atoms with E-state index >= 15 is 0 Å².